The summed E-state index contributed by atoms with van der Waals surface area (Å²) < 4.78 is 2.13. The first-order valence-electron chi connectivity index (χ1n) is 4.89. The molecule has 0 amide bonds. The Balaban J connectivity index is 1.88. The van der Waals surface area contributed by atoms with Crippen molar-refractivity contribution in [1.82, 2.24) is 14.4 Å². The van der Waals surface area contributed by atoms with Crippen molar-refractivity contribution in [3.05, 3.63) is 34.5 Å². The second-order valence-electron chi connectivity index (χ2n) is 3.39. The van der Waals surface area contributed by atoms with Gasteiger partial charge in [0.1, 0.15) is 0 Å². The lowest BCUT2D eigenvalue weighted by Crippen LogP contribution is -2.02. The molecule has 16 heavy (non-hydrogen) atoms. The number of hydrogen-bond donors (Lipinski definition) is 1. The largest absolute Gasteiger partial charge is 0.356 e. The van der Waals surface area contributed by atoms with E-state index in [2.05, 4.69) is 31.3 Å². The molecule has 0 radical (unpaired) electrons. The molecular weight excluding hydrogens is 240 g/mol. The Morgan fingerprint density at radius 1 is 1.38 bits per heavy atom. The van der Waals surface area contributed by atoms with E-state index in [1.807, 2.05) is 12.3 Å². The fraction of sp³-hybridized carbons (Fsp3) is 0.200. The van der Waals surface area contributed by atoms with E-state index < -0.39 is 0 Å². The second kappa shape index (κ2) is 3.88. The predicted molar refractivity (Wildman–Crippen MR) is 67.2 cm³/mol. The summed E-state index contributed by atoms with van der Waals surface area (Å²) in [7, 11) is 0. The smallest absolute Gasteiger partial charge is 0.194 e. The van der Waals surface area contributed by atoms with Crippen molar-refractivity contribution < 1.29 is 0 Å². The van der Waals surface area contributed by atoms with Crippen LogP contribution in [0.2, 0.25) is 0 Å². The highest BCUT2D eigenvalue weighted by Crippen LogP contribution is 2.18. The SMILES string of the molecule is Cc1nc2sccn2c1CNc1nccs1. The maximum Gasteiger partial charge on any atom is 0.194 e. The number of nitrogens with one attached hydrogen (secondary N) is 1. The minimum Gasteiger partial charge on any atom is -0.356 e. The Morgan fingerprint density at radius 2 is 2.31 bits per heavy atom. The molecule has 0 aliphatic heterocycles. The molecule has 0 saturated carbocycles. The first-order chi connectivity index (χ1) is 7.84. The number of aryl methyl sites for hydroxylation is 1. The van der Waals surface area contributed by atoms with Gasteiger partial charge in [0.2, 0.25) is 0 Å². The van der Waals surface area contributed by atoms with E-state index in [9.17, 15) is 0 Å². The number of thiazole rings is 2. The van der Waals surface area contributed by atoms with Crippen LogP contribution in [0.5, 0.6) is 0 Å². The molecule has 0 unspecified atom stereocenters. The maximum atomic E-state index is 4.50. The molecule has 0 saturated heterocycles. The molecule has 4 nitrogen and oxygen atoms in total. The Kier molecular flexibility index (Phi) is 2.37. The highest BCUT2D eigenvalue weighted by atomic mass is 32.1. The van der Waals surface area contributed by atoms with Gasteiger partial charge in [-0.05, 0) is 6.92 Å². The van der Waals surface area contributed by atoms with E-state index in [-0.39, 0.29) is 0 Å². The van der Waals surface area contributed by atoms with E-state index in [1.54, 1.807) is 28.9 Å². The number of nitrogens with zero attached hydrogens (tertiary/aromatic N) is 3. The van der Waals surface area contributed by atoms with Gasteiger partial charge >= 0.3 is 0 Å². The van der Waals surface area contributed by atoms with E-state index in [0.29, 0.717) is 0 Å². The zero-order valence-corrected chi connectivity index (χ0v) is 10.3. The molecule has 0 bridgehead atoms. The zero-order valence-electron chi connectivity index (χ0n) is 8.67. The lowest BCUT2D eigenvalue weighted by molar-refractivity contribution is 0.991. The second-order valence-corrected chi connectivity index (χ2v) is 5.16. The van der Waals surface area contributed by atoms with Crippen molar-refractivity contribution in [2.45, 2.75) is 13.5 Å². The van der Waals surface area contributed by atoms with Gasteiger partial charge in [-0.15, -0.1) is 22.7 Å². The molecule has 0 aliphatic rings. The van der Waals surface area contributed by atoms with E-state index in [1.165, 1.54) is 5.69 Å². The van der Waals surface area contributed by atoms with Crippen LogP contribution in [0.4, 0.5) is 5.13 Å². The van der Waals surface area contributed by atoms with Crippen LogP contribution in [0, 0.1) is 6.92 Å². The molecule has 0 fully saturated rings. The van der Waals surface area contributed by atoms with Crippen LogP contribution in [-0.4, -0.2) is 14.4 Å². The molecule has 82 valence electrons. The number of hydrogen-bond acceptors (Lipinski definition) is 5. The summed E-state index contributed by atoms with van der Waals surface area (Å²) in [5.74, 6) is 0. The van der Waals surface area contributed by atoms with E-state index in [0.717, 1.165) is 22.3 Å². The van der Waals surface area contributed by atoms with Gasteiger partial charge in [0.05, 0.1) is 17.9 Å². The van der Waals surface area contributed by atoms with Crippen molar-refractivity contribution in [3.63, 3.8) is 0 Å². The predicted octanol–water partition coefficient (Wildman–Crippen LogP) is 2.77. The van der Waals surface area contributed by atoms with Gasteiger partial charge in [-0.3, -0.25) is 4.40 Å². The average molecular weight is 250 g/mol. The standard InChI is InChI=1S/C10H10N4S2/c1-7-8(6-12-9-11-2-4-15-9)14-3-5-16-10(14)13-7/h2-5H,6H2,1H3,(H,11,12). The van der Waals surface area contributed by atoms with Crippen molar-refractivity contribution in [3.8, 4) is 0 Å². The van der Waals surface area contributed by atoms with Gasteiger partial charge in [-0.25, -0.2) is 9.97 Å². The van der Waals surface area contributed by atoms with Gasteiger partial charge in [0, 0.05) is 23.2 Å². The third kappa shape index (κ3) is 1.60. The van der Waals surface area contributed by atoms with Crippen molar-refractivity contribution in [2.75, 3.05) is 5.32 Å². The van der Waals surface area contributed by atoms with Crippen LogP contribution in [0.3, 0.4) is 0 Å². The van der Waals surface area contributed by atoms with Crippen LogP contribution < -0.4 is 5.32 Å². The van der Waals surface area contributed by atoms with E-state index in [4.69, 9.17) is 0 Å². The van der Waals surface area contributed by atoms with Crippen LogP contribution in [0.15, 0.2) is 23.2 Å². The summed E-state index contributed by atoms with van der Waals surface area (Å²) in [6, 6.07) is 0. The van der Waals surface area contributed by atoms with Crippen LogP contribution in [-0.2, 0) is 6.54 Å². The number of fused-ring (bicyclic) bond motifs is 1. The van der Waals surface area contributed by atoms with Crippen LogP contribution in [0.1, 0.15) is 11.4 Å². The molecule has 0 atom stereocenters. The van der Waals surface area contributed by atoms with E-state index >= 15 is 0 Å². The number of rotatable bonds is 3. The Morgan fingerprint density at radius 3 is 3.12 bits per heavy atom. The fourth-order valence-electron chi connectivity index (χ4n) is 1.62. The van der Waals surface area contributed by atoms with Crippen LogP contribution in [0.25, 0.3) is 4.96 Å². The monoisotopic (exact) mass is 250 g/mol. The van der Waals surface area contributed by atoms with Gasteiger partial charge in [0.15, 0.2) is 10.1 Å². The summed E-state index contributed by atoms with van der Waals surface area (Å²) in [4.78, 5) is 9.74. The maximum absolute atomic E-state index is 4.50. The van der Waals surface area contributed by atoms with Gasteiger partial charge in [-0.2, -0.15) is 0 Å². The molecule has 3 aromatic rings. The first kappa shape index (κ1) is 9.80. The molecule has 6 heteroatoms. The average Bonchev–Trinajstić information content (AvgIpc) is 2.92. The molecule has 3 heterocycles. The normalized spacial score (nSPS) is 11.1. The summed E-state index contributed by atoms with van der Waals surface area (Å²) in [6.07, 6.45) is 3.86. The molecular formula is C10H10N4S2. The number of anilines is 1. The lowest BCUT2D eigenvalue weighted by atomic mass is 10.3. The number of aromatic nitrogens is 3. The zero-order chi connectivity index (χ0) is 11.0. The van der Waals surface area contributed by atoms with Gasteiger partial charge in [-0.1, -0.05) is 0 Å². The Hall–Kier alpha value is -1.40. The molecule has 0 aliphatic carbocycles. The van der Waals surface area contributed by atoms with Crippen molar-refractivity contribution in [2.24, 2.45) is 0 Å². The highest BCUT2D eigenvalue weighted by Gasteiger charge is 2.09. The third-order valence-electron chi connectivity index (χ3n) is 2.40. The molecule has 3 aromatic heterocycles. The summed E-state index contributed by atoms with van der Waals surface area (Å²) in [6.45, 7) is 2.80. The summed E-state index contributed by atoms with van der Waals surface area (Å²) in [5.41, 5.74) is 2.28. The van der Waals surface area contributed by atoms with Gasteiger partial charge < -0.3 is 5.32 Å². The molecule has 1 N–H and O–H groups in total. The fourth-order valence-corrected chi connectivity index (χ4v) is 2.93. The molecule has 0 aromatic carbocycles. The Bertz CT molecular complexity index is 593. The summed E-state index contributed by atoms with van der Waals surface area (Å²) in [5, 5.41) is 8.26. The van der Waals surface area contributed by atoms with Crippen molar-refractivity contribution in [1.29, 1.82) is 0 Å². The highest BCUT2D eigenvalue weighted by molar-refractivity contribution is 7.15. The summed E-state index contributed by atoms with van der Waals surface area (Å²) >= 11 is 3.27. The minimum absolute atomic E-state index is 0.761. The lowest BCUT2D eigenvalue weighted by Gasteiger charge is -2.02. The molecule has 3 rings (SSSR count). The quantitative estimate of drug-likeness (QED) is 0.777. The first-order valence-corrected chi connectivity index (χ1v) is 6.65. The minimum atomic E-state index is 0.761. The number of imidazole rings is 1. The van der Waals surface area contributed by atoms with Crippen molar-refractivity contribution >= 4 is 32.8 Å². The van der Waals surface area contributed by atoms with Crippen LogP contribution >= 0.6 is 22.7 Å². The topological polar surface area (TPSA) is 42.2 Å². The molecule has 0 spiro atoms. The third-order valence-corrected chi connectivity index (χ3v) is 3.89. The Labute approximate surface area is 101 Å². The van der Waals surface area contributed by atoms with Gasteiger partial charge in [0.25, 0.3) is 0 Å².